The highest BCUT2D eigenvalue weighted by Crippen LogP contribution is 2.31. The van der Waals surface area contributed by atoms with Crippen LogP contribution in [0.2, 0.25) is 10.0 Å². The Balaban J connectivity index is 1.89. The fourth-order valence-corrected chi connectivity index (χ4v) is 4.04. The molecule has 0 aliphatic carbocycles. The SMILES string of the molecule is C=CCSc1nc(-c2cc3ccccc3oc2=O)cn1-c1ccc(Cl)cc1Cl. The van der Waals surface area contributed by atoms with Crippen LogP contribution in [-0.2, 0) is 0 Å². The Hall–Kier alpha value is -2.47. The first-order chi connectivity index (χ1) is 13.6. The lowest BCUT2D eigenvalue weighted by atomic mass is 10.1. The molecule has 0 amide bonds. The molecule has 0 radical (unpaired) electrons. The maximum atomic E-state index is 12.5. The molecule has 0 atom stereocenters. The lowest BCUT2D eigenvalue weighted by Crippen LogP contribution is -2.02. The van der Waals surface area contributed by atoms with E-state index in [9.17, 15) is 4.79 Å². The van der Waals surface area contributed by atoms with E-state index in [0.29, 0.717) is 37.8 Å². The first-order valence-corrected chi connectivity index (χ1v) is 10.1. The van der Waals surface area contributed by atoms with Gasteiger partial charge < -0.3 is 4.42 Å². The van der Waals surface area contributed by atoms with Crippen molar-refractivity contribution in [1.82, 2.24) is 9.55 Å². The Labute approximate surface area is 175 Å². The zero-order chi connectivity index (χ0) is 19.7. The third-order valence-corrected chi connectivity index (χ3v) is 5.58. The summed E-state index contributed by atoms with van der Waals surface area (Å²) in [7, 11) is 0. The van der Waals surface area contributed by atoms with Crippen molar-refractivity contribution >= 4 is 45.9 Å². The molecule has 0 fully saturated rings. The van der Waals surface area contributed by atoms with Gasteiger partial charge >= 0.3 is 5.63 Å². The molecule has 28 heavy (non-hydrogen) atoms. The van der Waals surface area contributed by atoms with Gasteiger partial charge in [-0.2, -0.15) is 0 Å². The van der Waals surface area contributed by atoms with Gasteiger partial charge in [0.25, 0.3) is 0 Å². The fourth-order valence-electron chi connectivity index (χ4n) is 2.82. The highest BCUT2D eigenvalue weighted by atomic mass is 35.5. The Kier molecular flexibility index (Phi) is 5.31. The molecule has 0 spiro atoms. The van der Waals surface area contributed by atoms with E-state index in [1.54, 1.807) is 36.5 Å². The average molecular weight is 429 g/mol. The van der Waals surface area contributed by atoms with E-state index >= 15 is 0 Å². The number of aromatic nitrogens is 2. The van der Waals surface area contributed by atoms with E-state index in [-0.39, 0.29) is 0 Å². The number of halogens is 2. The van der Waals surface area contributed by atoms with Gasteiger partial charge in [0.2, 0.25) is 0 Å². The van der Waals surface area contributed by atoms with Gasteiger partial charge in [0.15, 0.2) is 5.16 Å². The Bertz CT molecular complexity index is 1250. The largest absolute Gasteiger partial charge is 0.422 e. The van der Waals surface area contributed by atoms with Crippen molar-refractivity contribution in [1.29, 1.82) is 0 Å². The van der Waals surface area contributed by atoms with E-state index in [2.05, 4.69) is 11.6 Å². The summed E-state index contributed by atoms with van der Waals surface area (Å²) in [5.41, 5.74) is 1.73. The van der Waals surface area contributed by atoms with Gasteiger partial charge in [-0.25, -0.2) is 9.78 Å². The molecule has 0 saturated heterocycles. The van der Waals surface area contributed by atoms with Gasteiger partial charge in [-0.3, -0.25) is 4.57 Å². The van der Waals surface area contributed by atoms with Crippen molar-refractivity contribution in [2.45, 2.75) is 5.16 Å². The van der Waals surface area contributed by atoms with E-state index in [0.717, 1.165) is 11.1 Å². The quantitative estimate of drug-likeness (QED) is 0.214. The van der Waals surface area contributed by atoms with Crippen LogP contribution < -0.4 is 5.63 Å². The molecule has 2 aromatic carbocycles. The summed E-state index contributed by atoms with van der Waals surface area (Å²) in [6, 6.07) is 14.4. The van der Waals surface area contributed by atoms with Crippen LogP contribution in [0.25, 0.3) is 27.9 Å². The highest BCUT2D eigenvalue weighted by molar-refractivity contribution is 7.99. The maximum absolute atomic E-state index is 12.5. The number of hydrogen-bond acceptors (Lipinski definition) is 4. The molecule has 7 heteroatoms. The number of nitrogens with zero attached hydrogens (tertiary/aromatic N) is 2. The van der Waals surface area contributed by atoms with Crippen molar-refractivity contribution in [2.24, 2.45) is 0 Å². The molecule has 0 bridgehead atoms. The van der Waals surface area contributed by atoms with Crippen molar-refractivity contribution in [3.63, 3.8) is 0 Å². The first-order valence-electron chi connectivity index (χ1n) is 8.38. The van der Waals surface area contributed by atoms with Crippen LogP contribution >= 0.6 is 35.0 Å². The molecular formula is C21H14Cl2N2O2S. The Morgan fingerprint density at radius 2 is 2.00 bits per heavy atom. The maximum Gasteiger partial charge on any atom is 0.345 e. The van der Waals surface area contributed by atoms with E-state index < -0.39 is 5.63 Å². The fraction of sp³-hybridized carbons (Fsp3) is 0.0476. The standard InChI is InChI=1S/C21H14Cl2N2O2S/c1-2-9-28-21-24-17(12-25(21)18-8-7-14(22)11-16(18)23)15-10-13-5-3-4-6-19(13)27-20(15)26/h2-8,10-12H,1,9H2. The number of thioether (sulfide) groups is 1. The van der Waals surface area contributed by atoms with E-state index in [4.69, 9.17) is 27.6 Å². The van der Waals surface area contributed by atoms with Crippen LogP contribution in [0.3, 0.4) is 0 Å². The zero-order valence-electron chi connectivity index (χ0n) is 14.6. The smallest absolute Gasteiger partial charge is 0.345 e. The molecular weight excluding hydrogens is 415 g/mol. The second-order valence-electron chi connectivity index (χ2n) is 5.96. The second kappa shape index (κ2) is 7.87. The van der Waals surface area contributed by atoms with Crippen molar-refractivity contribution in [2.75, 3.05) is 5.75 Å². The predicted octanol–water partition coefficient (Wildman–Crippen LogP) is 6.23. The lowest BCUT2D eigenvalue weighted by molar-refractivity contribution is 0.563. The molecule has 4 rings (SSSR count). The predicted molar refractivity (Wildman–Crippen MR) is 116 cm³/mol. The molecule has 2 aromatic heterocycles. The van der Waals surface area contributed by atoms with Crippen LogP contribution in [-0.4, -0.2) is 15.3 Å². The number of para-hydroxylation sites is 1. The minimum Gasteiger partial charge on any atom is -0.422 e. The number of imidazole rings is 1. The van der Waals surface area contributed by atoms with Gasteiger partial charge in [-0.05, 0) is 30.3 Å². The molecule has 140 valence electrons. The topological polar surface area (TPSA) is 48.0 Å². The van der Waals surface area contributed by atoms with E-state index in [1.807, 2.05) is 28.8 Å². The average Bonchev–Trinajstić information content (AvgIpc) is 3.09. The molecule has 0 saturated carbocycles. The molecule has 0 unspecified atom stereocenters. The Morgan fingerprint density at radius 3 is 2.79 bits per heavy atom. The van der Waals surface area contributed by atoms with Crippen molar-refractivity contribution in [3.8, 4) is 16.9 Å². The summed E-state index contributed by atoms with van der Waals surface area (Å²) in [5.74, 6) is 0.661. The summed E-state index contributed by atoms with van der Waals surface area (Å²) >= 11 is 13.9. The normalized spacial score (nSPS) is 11.1. The summed E-state index contributed by atoms with van der Waals surface area (Å²) in [5, 5.41) is 2.55. The van der Waals surface area contributed by atoms with Crippen molar-refractivity contribution < 1.29 is 4.42 Å². The minimum absolute atomic E-state index is 0.392. The molecule has 2 heterocycles. The van der Waals surface area contributed by atoms with Crippen LogP contribution in [0.5, 0.6) is 0 Å². The lowest BCUT2D eigenvalue weighted by Gasteiger charge is -2.08. The highest BCUT2D eigenvalue weighted by Gasteiger charge is 2.17. The summed E-state index contributed by atoms with van der Waals surface area (Å²) in [6.07, 6.45) is 3.57. The number of hydrogen-bond donors (Lipinski definition) is 0. The molecule has 4 aromatic rings. The first kappa shape index (κ1) is 18.9. The molecule has 4 nitrogen and oxygen atoms in total. The molecule has 0 aliphatic rings. The van der Waals surface area contributed by atoms with Gasteiger partial charge in [-0.15, -0.1) is 6.58 Å². The van der Waals surface area contributed by atoms with Crippen LogP contribution in [0.4, 0.5) is 0 Å². The van der Waals surface area contributed by atoms with Crippen LogP contribution in [0.1, 0.15) is 0 Å². The number of fused-ring (bicyclic) bond motifs is 1. The number of benzene rings is 2. The van der Waals surface area contributed by atoms with Gasteiger partial charge in [0.05, 0.1) is 22.0 Å². The third-order valence-electron chi connectivity index (χ3n) is 4.09. The van der Waals surface area contributed by atoms with Crippen LogP contribution in [0, 0.1) is 0 Å². The summed E-state index contributed by atoms with van der Waals surface area (Å²) in [6.45, 7) is 3.75. The second-order valence-corrected chi connectivity index (χ2v) is 7.79. The van der Waals surface area contributed by atoms with Gasteiger partial charge in [-0.1, -0.05) is 59.2 Å². The third kappa shape index (κ3) is 3.61. The summed E-state index contributed by atoms with van der Waals surface area (Å²) in [4.78, 5) is 17.2. The zero-order valence-corrected chi connectivity index (χ0v) is 16.9. The van der Waals surface area contributed by atoms with E-state index in [1.165, 1.54) is 11.8 Å². The monoisotopic (exact) mass is 428 g/mol. The van der Waals surface area contributed by atoms with Gasteiger partial charge in [0, 0.05) is 22.4 Å². The number of rotatable bonds is 5. The summed E-state index contributed by atoms with van der Waals surface area (Å²) < 4.78 is 7.30. The van der Waals surface area contributed by atoms with Crippen molar-refractivity contribution in [3.05, 3.63) is 87.8 Å². The Morgan fingerprint density at radius 1 is 1.18 bits per heavy atom. The minimum atomic E-state index is -0.439. The molecule has 0 N–H and O–H groups in total. The van der Waals surface area contributed by atoms with Crippen LogP contribution in [0.15, 0.2) is 81.8 Å². The van der Waals surface area contributed by atoms with Gasteiger partial charge in [0.1, 0.15) is 5.58 Å². The molecule has 0 aliphatic heterocycles.